The maximum Gasteiger partial charge on any atom is 0.289 e. The number of carbonyl (C=O) groups is 1. The van der Waals surface area contributed by atoms with Crippen molar-refractivity contribution in [2.24, 2.45) is 11.8 Å². The van der Waals surface area contributed by atoms with Gasteiger partial charge in [0.1, 0.15) is 11.6 Å². The van der Waals surface area contributed by atoms with Crippen LogP contribution in [0.4, 0.5) is 4.39 Å². The Labute approximate surface area is 152 Å². The normalized spacial score (nSPS) is 22.3. The third kappa shape index (κ3) is 3.35. The quantitative estimate of drug-likeness (QED) is 0.907. The number of carbonyl (C=O) groups excluding carboxylic acids is 1. The van der Waals surface area contributed by atoms with E-state index in [4.69, 9.17) is 0 Å². The first kappa shape index (κ1) is 17.1. The fraction of sp³-hybridized carbons (Fsp3) is 0.526. The van der Waals surface area contributed by atoms with Crippen LogP contribution in [0.1, 0.15) is 35.9 Å². The van der Waals surface area contributed by atoms with E-state index in [1.165, 1.54) is 12.1 Å². The van der Waals surface area contributed by atoms with Crippen LogP contribution in [0.2, 0.25) is 0 Å². The third-order valence-corrected chi connectivity index (χ3v) is 5.28. The molecule has 1 aromatic carbocycles. The number of hydrogen-bond donors (Lipinski definition) is 1. The molecule has 6 nitrogen and oxygen atoms in total. The number of aromatic nitrogens is 3. The Bertz CT molecular complexity index is 801. The topological polar surface area (TPSA) is 63.1 Å². The van der Waals surface area contributed by atoms with Gasteiger partial charge in [-0.15, -0.1) is 10.2 Å². The minimum absolute atomic E-state index is 0.0736. The van der Waals surface area contributed by atoms with E-state index in [0.717, 1.165) is 44.0 Å². The Kier molecular flexibility index (Phi) is 4.48. The van der Waals surface area contributed by atoms with Crippen molar-refractivity contribution in [1.82, 2.24) is 25.0 Å². The Morgan fingerprint density at radius 2 is 1.92 bits per heavy atom. The van der Waals surface area contributed by atoms with Gasteiger partial charge in [0.25, 0.3) is 5.91 Å². The first-order valence-corrected chi connectivity index (χ1v) is 9.19. The highest BCUT2D eigenvalue weighted by Gasteiger charge is 2.39. The number of rotatable bonds is 4. The molecule has 0 unspecified atom stereocenters. The summed E-state index contributed by atoms with van der Waals surface area (Å²) < 4.78 is 15.1. The highest BCUT2D eigenvalue weighted by Crippen LogP contribution is 2.33. The summed E-state index contributed by atoms with van der Waals surface area (Å²) >= 11 is 0. The van der Waals surface area contributed by atoms with Gasteiger partial charge in [-0.3, -0.25) is 9.69 Å². The predicted octanol–water partition coefficient (Wildman–Crippen LogP) is 1.86. The molecule has 0 saturated carbocycles. The lowest BCUT2D eigenvalue weighted by atomic mass is 9.89. The van der Waals surface area contributed by atoms with Crippen molar-refractivity contribution in [2.75, 3.05) is 13.1 Å². The summed E-state index contributed by atoms with van der Waals surface area (Å²) in [6, 6.07) is 6.80. The predicted molar refractivity (Wildman–Crippen MR) is 95.0 cm³/mol. The standard InChI is InChI=1S/C19H24FN5O/c1-12(2)21-19(26)18-23-22-17-7-14-9-24(10-15(14)11-25(17)18)8-13-3-5-16(20)6-4-13/h3-6,12,14-15H,7-11H2,1-2H3,(H,21,26)/t14-,15-/m0/s1. The SMILES string of the molecule is CC(C)NC(=O)c1nnc2n1C[C@@H]1CN(Cc3ccc(F)cc3)C[C@@H]1C2. The third-order valence-electron chi connectivity index (χ3n) is 5.28. The molecule has 0 spiro atoms. The zero-order chi connectivity index (χ0) is 18.3. The van der Waals surface area contributed by atoms with Gasteiger partial charge in [-0.25, -0.2) is 4.39 Å². The molecular formula is C19H24FN5O. The summed E-state index contributed by atoms with van der Waals surface area (Å²) in [6.45, 7) is 7.47. The van der Waals surface area contributed by atoms with E-state index in [1.54, 1.807) is 0 Å². The molecule has 0 radical (unpaired) electrons. The number of nitrogens with one attached hydrogen (secondary N) is 1. The van der Waals surface area contributed by atoms with Gasteiger partial charge in [-0.1, -0.05) is 12.1 Å². The molecule has 1 saturated heterocycles. The summed E-state index contributed by atoms with van der Waals surface area (Å²) in [6.07, 6.45) is 0.854. The van der Waals surface area contributed by atoms with Gasteiger partial charge in [-0.05, 0) is 43.4 Å². The molecule has 4 rings (SSSR count). The zero-order valence-corrected chi connectivity index (χ0v) is 15.2. The number of halogens is 1. The highest BCUT2D eigenvalue weighted by atomic mass is 19.1. The maximum atomic E-state index is 13.1. The summed E-state index contributed by atoms with van der Waals surface area (Å²) in [7, 11) is 0. The number of likely N-dealkylation sites (tertiary alicyclic amines) is 1. The monoisotopic (exact) mass is 357 g/mol. The molecule has 1 fully saturated rings. The molecular weight excluding hydrogens is 333 g/mol. The Balaban J connectivity index is 1.44. The van der Waals surface area contributed by atoms with Crippen molar-refractivity contribution in [3.05, 3.63) is 47.3 Å². The number of hydrogen-bond acceptors (Lipinski definition) is 4. The Morgan fingerprint density at radius 3 is 2.65 bits per heavy atom. The summed E-state index contributed by atoms with van der Waals surface area (Å²) in [4.78, 5) is 14.8. The molecule has 7 heteroatoms. The number of fused-ring (bicyclic) bond motifs is 2. The largest absolute Gasteiger partial charge is 0.347 e. The molecule has 3 heterocycles. The number of amides is 1. The van der Waals surface area contributed by atoms with E-state index in [9.17, 15) is 9.18 Å². The first-order valence-electron chi connectivity index (χ1n) is 9.19. The number of nitrogens with zero attached hydrogens (tertiary/aromatic N) is 4. The molecule has 2 aliphatic heterocycles. The van der Waals surface area contributed by atoms with Crippen LogP contribution in [-0.2, 0) is 19.5 Å². The molecule has 2 aliphatic rings. The van der Waals surface area contributed by atoms with Crippen LogP contribution in [0.15, 0.2) is 24.3 Å². The van der Waals surface area contributed by atoms with Crippen LogP contribution < -0.4 is 5.32 Å². The molecule has 2 atom stereocenters. The molecule has 1 aromatic heterocycles. The van der Waals surface area contributed by atoms with Gasteiger partial charge in [0.15, 0.2) is 0 Å². The summed E-state index contributed by atoms with van der Waals surface area (Å²) in [5, 5.41) is 11.3. The average Bonchev–Trinajstić information content (AvgIpc) is 3.16. The second kappa shape index (κ2) is 6.79. The molecule has 0 bridgehead atoms. The van der Waals surface area contributed by atoms with Gasteiger partial charge in [0.2, 0.25) is 5.82 Å². The van der Waals surface area contributed by atoms with E-state index < -0.39 is 0 Å². The highest BCUT2D eigenvalue weighted by molar-refractivity contribution is 5.90. The lowest BCUT2D eigenvalue weighted by Gasteiger charge is -2.25. The lowest BCUT2D eigenvalue weighted by Crippen LogP contribution is -2.35. The maximum absolute atomic E-state index is 13.1. The van der Waals surface area contributed by atoms with Crippen LogP contribution in [-0.4, -0.2) is 44.7 Å². The molecule has 2 aromatic rings. The van der Waals surface area contributed by atoms with Crippen LogP contribution in [0.25, 0.3) is 0 Å². The van der Waals surface area contributed by atoms with Gasteiger partial charge in [0.05, 0.1) is 0 Å². The van der Waals surface area contributed by atoms with E-state index in [-0.39, 0.29) is 17.8 Å². The van der Waals surface area contributed by atoms with Gasteiger partial charge >= 0.3 is 0 Å². The molecule has 1 N–H and O–H groups in total. The Morgan fingerprint density at radius 1 is 1.19 bits per heavy atom. The number of benzene rings is 1. The van der Waals surface area contributed by atoms with E-state index in [0.29, 0.717) is 17.7 Å². The van der Waals surface area contributed by atoms with Gasteiger partial charge in [-0.2, -0.15) is 0 Å². The first-order chi connectivity index (χ1) is 12.5. The smallest absolute Gasteiger partial charge is 0.289 e. The van der Waals surface area contributed by atoms with Crippen molar-refractivity contribution in [3.8, 4) is 0 Å². The van der Waals surface area contributed by atoms with Crippen molar-refractivity contribution in [1.29, 1.82) is 0 Å². The van der Waals surface area contributed by atoms with Crippen molar-refractivity contribution >= 4 is 5.91 Å². The van der Waals surface area contributed by atoms with Crippen LogP contribution in [0.3, 0.4) is 0 Å². The minimum Gasteiger partial charge on any atom is -0.347 e. The minimum atomic E-state index is -0.200. The van der Waals surface area contributed by atoms with E-state index in [2.05, 4.69) is 20.4 Å². The fourth-order valence-corrected chi connectivity index (χ4v) is 4.09. The average molecular weight is 357 g/mol. The van der Waals surface area contributed by atoms with E-state index in [1.807, 2.05) is 30.5 Å². The summed E-state index contributed by atoms with van der Waals surface area (Å²) in [5.41, 5.74) is 1.13. The molecule has 138 valence electrons. The van der Waals surface area contributed by atoms with Gasteiger partial charge < -0.3 is 9.88 Å². The summed E-state index contributed by atoms with van der Waals surface area (Å²) in [5.74, 6) is 2.00. The molecule has 26 heavy (non-hydrogen) atoms. The van der Waals surface area contributed by atoms with E-state index >= 15 is 0 Å². The van der Waals surface area contributed by atoms with Crippen LogP contribution in [0.5, 0.6) is 0 Å². The zero-order valence-electron chi connectivity index (χ0n) is 15.2. The molecule has 0 aliphatic carbocycles. The van der Waals surface area contributed by atoms with Crippen molar-refractivity contribution in [2.45, 2.75) is 39.4 Å². The van der Waals surface area contributed by atoms with Crippen LogP contribution >= 0.6 is 0 Å². The fourth-order valence-electron chi connectivity index (χ4n) is 4.09. The second-order valence-corrected chi connectivity index (χ2v) is 7.72. The van der Waals surface area contributed by atoms with Crippen molar-refractivity contribution < 1.29 is 9.18 Å². The van der Waals surface area contributed by atoms with Gasteiger partial charge in [0, 0.05) is 38.6 Å². The second-order valence-electron chi connectivity index (χ2n) is 7.72. The Hall–Kier alpha value is -2.28. The van der Waals surface area contributed by atoms with Crippen LogP contribution in [0, 0.1) is 17.7 Å². The molecule has 1 amide bonds. The van der Waals surface area contributed by atoms with Crippen molar-refractivity contribution in [3.63, 3.8) is 0 Å². The lowest BCUT2D eigenvalue weighted by molar-refractivity contribution is 0.0924.